The van der Waals surface area contributed by atoms with Gasteiger partial charge in [0.2, 0.25) is 5.95 Å². The van der Waals surface area contributed by atoms with Crippen molar-refractivity contribution < 1.29 is 4.42 Å². The average Bonchev–Trinajstić information content (AvgIpc) is 3.54. The molecule has 0 radical (unpaired) electrons. The number of nitrogens with zero attached hydrogens (tertiary/aromatic N) is 6. The summed E-state index contributed by atoms with van der Waals surface area (Å²) in [5, 5.41) is 13.4. The Kier molecular flexibility index (Phi) is 5.46. The highest BCUT2D eigenvalue weighted by atomic mass is 16.3. The summed E-state index contributed by atoms with van der Waals surface area (Å²) in [6.07, 6.45) is 7.75. The number of benzene rings is 1. The summed E-state index contributed by atoms with van der Waals surface area (Å²) in [6.45, 7) is 2.11. The largest absolute Gasteiger partial charge is 0.440 e. The molecule has 1 saturated carbocycles. The molecule has 4 heterocycles. The first-order valence-corrected chi connectivity index (χ1v) is 12.3. The van der Waals surface area contributed by atoms with Gasteiger partial charge in [-0.2, -0.15) is 10.2 Å². The Morgan fingerprint density at radius 3 is 2.69 bits per heavy atom. The number of nitrogens with one attached hydrogen (secondary N) is 1. The molecular weight excluding hydrogens is 442 g/mol. The second-order valence-electron chi connectivity index (χ2n) is 9.69. The molecule has 0 unspecified atom stereocenters. The van der Waals surface area contributed by atoms with Gasteiger partial charge < -0.3 is 14.6 Å². The molecule has 3 aromatic heterocycles. The minimum Gasteiger partial charge on any atom is -0.440 e. The number of pyridine rings is 1. The summed E-state index contributed by atoms with van der Waals surface area (Å²) >= 11 is 0. The zero-order chi connectivity index (χ0) is 23.9. The van der Waals surface area contributed by atoms with E-state index in [-0.39, 0.29) is 17.2 Å². The van der Waals surface area contributed by atoms with E-state index in [0.29, 0.717) is 22.9 Å². The van der Waals surface area contributed by atoms with Crippen molar-refractivity contribution in [3.05, 3.63) is 52.3 Å². The van der Waals surface area contributed by atoms with Crippen LogP contribution >= 0.6 is 0 Å². The van der Waals surface area contributed by atoms with Gasteiger partial charge in [-0.3, -0.25) is 9.36 Å². The molecule has 1 aliphatic carbocycles. The van der Waals surface area contributed by atoms with Gasteiger partial charge in [-0.1, -0.05) is 12.8 Å². The van der Waals surface area contributed by atoms with Crippen molar-refractivity contribution in [2.45, 2.75) is 50.5 Å². The van der Waals surface area contributed by atoms with Gasteiger partial charge in [0.15, 0.2) is 11.5 Å². The van der Waals surface area contributed by atoms with Crippen LogP contribution in [-0.4, -0.2) is 44.6 Å². The monoisotopic (exact) mass is 469 g/mol. The lowest BCUT2D eigenvalue weighted by atomic mass is 9.97. The molecule has 2 aliphatic rings. The highest BCUT2D eigenvalue weighted by Gasteiger charge is 2.24. The molecule has 2 fully saturated rings. The third-order valence-electron chi connectivity index (χ3n) is 7.31. The van der Waals surface area contributed by atoms with Crippen LogP contribution in [0, 0.1) is 11.3 Å². The maximum atomic E-state index is 13.0. The van der Waals surface area contributed by atoms with E-state index in [9.17, 15) is 10.1 Å². The van der Waals surface area contributed by atoms with E-state index in [1.165, 1.54) is 0 Å². The molecule has 0 bridgehead atoms. The van der Waals surface area contributed by atoms with Gasteiger partial charge in [0.1, 0.15) is 22.8 Å². The second kappa shape index (κ2) is 8.78. The fraction of sp³-hybridized carbons (Fsp3) is 0.423. The molecule has 0 spiro atoms. The SMILES string of the molecule is CN1CCC(c2nc3cc(Nc4ncc5cc(C#N)c(=O)n(C6CCCC6)c5n4)ccc3o2)CC1. The Labute approximate surface area is 202 Å². The van der Waals surface area contributed by atoms with Gasteiger partial charge in [0.25, 0.3) is 5.56 Å². The first-order chi connectivity index (χ1) is 17.1. The molecule has 9 heteroatoms. The zero-order valence-electron chi connectivity index (χ0n) is 19.7. The lowest BCUT2D eigenvalue weighted by Gasteiger charge is -2.26. The molecular formula is C26H27N7O2. The van der Waals surface area contributed by atoms with E-state index < -0.39 is 0 Å². The molecule has 1 aliphatic heterocycles. The van der Waals surface area contributed by atoms with Crippen molar-refractivity contribution in [1.29, 1.82) is 5.26 Å². The lowest BCUT2D eigenvalue weighted by Crippen LogP contribution is -2.29. The predicted molar refractivity (Wildman–Crippen MR) is 133 cm³/mol. The summed E-state index contributed by atoms with van der Waals surface area (Å²) in [5.74, 6) is 1.55. The Balaban J connectivity index is 1.32. The topological polar surface area (TPSA) is 113 Å². The van der Waals surface area contributed by atoms with Crippen LogP contribution in [0.4, 0.5) is 11.6 Å². The standard InChI is InChI=1S/C26H27N7O2/c1-32-10-8-16(9-11-32)24-30-21-13-19(6-7-22(21)35-24)29-26-28-15-18-12-17(14-27)25(34)33(23(18)31-26)20-4-2-3-5-20/h6-7,12-13,15-16,20H,2-5,8-11H2,1H3,(H,28,29,31). The summed E-state index contributed by atoms with van der Waals surface area (Å²) < 4.78 is 7.76. The summed E-state index contributed by atoms with van der Waals surface area (Å²) in [5.41, 5.74) is 2.77. The number of piperidine rings is 1. The highest BCUT2D eigenvalue weighted by Crippen LogP contribution is 2.32. The van der Waals surface area contributed by atoms with Gasteiger partial charge in [0.05, 0.1) is 0 Å². The van der Waals surface area contributed by atoms with Crippen LogP contribution in [-0.2, 0) is 0 Å². The number of fused-ring (bicyclic) bond motifs is 2. The third-order valence-corrected chi connectivity index (χ3v) is 7.31. The summed E-state index contributed by atoms with van der Waals surface area (Å²) in [6, 6.07) is 9.44. The molecule has 35 heavy (non-hydrogen) atoms. The van der Waals surface area contributed by atoms with Crippen LogP contribution < -0.4 is 10.9 Å². The lowest BCUT2D eigenvalue weighted by molar-refractivity contribution is 0.239. The quantitative estimate of drug-likeness (QED) is 0.466. The fourth-order valence-corrected chi connectivity index (χ4v) is 5.34. The molecule has 1 N–H and O–H groups in total. The maximum Gasteiger partial charge on any atom is 0.270 e. The first-order valence-electron chi connectivity index (χ1n) is 12.3. The maximum absolute atomic E-state index is 13.0. The number of aromatic nitrogens is 4. The number of oxazole rings is 1. The molecule has 178 valence electrons. The number of likely N-dealkylation sites (tertiary alicyclic amines) is 1. The van der Waals surface area contributed by atoms with Crippen molar-refractivity contribution in [3.63, 3.8) is 0 Å². The van der Waals surface area contributed by atoms with Crippen LogP contribution in [0.3, 0.4) is 0 Å². The second-order valence-corrected chi connectivity index (χ2v) is 9.69. The molecule has 6 rings (SSSR count). The summed E-state index contributed by atoms with van der Waals surface area (Å²) in [4.78, 5) is 29.3. The van der Waals surface area contributed by atoms with Crippen LogP contribution in [0.25, 0.3) is 22.1 Å². The highest BCUT2D eigenvalue weighted by molar-refractivity contribution is 5.80. The first kappa shape index (κ1) is 21.7. The van der Waals surface area contributed by atoms with Crippen molar-refractivity contribution in [1.82, 2.24) is 24.4 Å². The average molecular weight is 470 g/mol. The van der Waals surface area contributed by atoms with E-state index >= 15 is 0 Å². The minimum atomic E-state index is -0.276. The van der Waals surface area contributed by atoms with Crippen molar-refractivity contribution in [3.8, 4) is 6.07 Å². The number of anilines is 2. The van der Waals surface area contributed by atoms with E-state index in [1.54, 1.807) is 16.8 Å². The van der Waals surface area contributed by atoms with Gasteiger partial charge in [-0.25, -0.2) is 9.97 Å². The molecule has 9 nitrogen and oxygen atoms in total. The van der Waals surface area contributed by atoms with E-state index in [1.807, 2.05) is 24.3 Å². The van der Waals surface area contributed by atoms with Gasteiger partial charge in [-0.15, -0.1) is 0 Å². The predicted octanol–water partition coefficient (Wildman–Crippen LogP) is 4.47. The van der Waals surface area contributed by atoms with Gasteiger partial charge in [-0.05, 0) is 70.1 Å². The van der Waals surface area contributed by atoms with Crippen LogP contribution in [0.2, 0.25) is 0 Å². The zero-order valence-corrected chi connectivity index (χ0v) is 19.7. The molecule has 0 amide bonds. The Morgan fingerprint density at radius 1 is 1.11 bits per heavy atom. The Bertz CT molecular complexity index is 1500. The molecule has 4 aromatic rings. The number of hydrogen-bond donors (Lipinski definition) is 1. The van der Waals surface area contributed by atoms with E-state index in [0.717, 1.165) is 74.3 Å². The van der Waals surface area contributed by atoms with Crippen molar-refractivity contribution in [2.24, 2.45) is 0 Å². The van der Waals surface area contributed by atoms with Crippen LogP contribution in [0.5, 0.6) is 0 Å². The smallest absolute Gasteiger partial charge is 0.270 e. The molecule has 1 aromatic carbocycles. The number of nitriles is 1. The molecule has 0 atom stereocenters. The minimum absolute atomic E-state index is 0.0607. The normalized spacial score (nSPS) is 17.8. The number of rotatable bonds is 4. The third kappa shape index (κ3) is 4.04. The fourth-order valence-electron chi connectivity index (χ4n) is 5.34. The van der Waals surface area contributed by atoms with E-state index in [4.69, 9.17) is 14.4 Å². The van der Waals surface area contributed by atoms with Crippen molar-refractivity contribution in [2.75, 3.05) is 25.5 Å². The Morgan fingerprint density at radius 2 is 1.91 bits per heavy atom. The molecule has 1 saturated heterocycles. The van der Waals surface area contributed by atoms with Gasteiger partial charge >= 0.3 is 0 Å². The van der Waals surface area contributed by atoms with Crippen LogP contribution in [0.1, 0.15) is 61.9 Å². The Hall–Kier alpha value is -3.77. The summed E-state index contributed by atoms with van der Waals surface area (Å²) in [7, 11) is 2.14. The van der Waals surface area contributed by atoms with Crippen molar-refractivity contribution >= 4 is 33.8 Å². The van der Waals surface area contributed by atoms with Gasteiger partial charge in [0, 0.05) is 29.2 Å². The van der Waals surface area contributed by atoms with E-state index in [2.05, 4.69) is 22.2 Å². The van der Waals surface area contributed by atoms with Crippen LogP contribution in [0.15, 0.2) is 39.7 Å². The number of hydrogen-bond acceptors (Lipinski definition) is 8.